The molecule has 0 radical (unpaired) electrons. The van der Waals surface area contributed by atoms with Crippen LogP contribution in [-0.4, -0.2) is 6.04 Å². The molecule has 0 saturated heterocycles. The van der Waals surface area contributed by atoms with Crippen LogP contribution in [0.15, 0.2) is 36.9 Å². The van der Waals surface area contributed by atoms with Gasteiger partial charge in [0.15, 0.2) is 0 Å². The highest BCUT2D eigenvalue weighted by Crippen LogP contribution is 2.12. The predicted octanol–water partition coefficient (Wildman–Crippen LogP) is 3.52. The molecule has 0 spiro atoms. The average molecular weight is 214 g/mol. The Morgan fingerprint density at radius 3 is 2.69 bits per heavy atom. The second-order valence-electron chi connectivity index (χ2n) is 3.94. The molecule has 0 aliphatic carbocycles. The van der Waals surface area contributed by atoms with E-state index in [1.807, 2.05) is 30.3 Å². The second-order valence-corrected chi connectivity index (χ2v) is 3.94. The fourth-order valence-electron chi connectivity index (χ4n) is 1.53. The summed E-state index contributed by atoms with van der Waals surface area (Å²) in [6.07, 6.45) is 4.53. The van der Waals surface area contributed by atoms with Crippen molar-refractivity contribution in [1.29, 1.82) is 5.26 Å². The third kappa shape index (κ3) is 4.18. The number of benzene rings is 1. The number of nitrogens with one attached hydrogen (secondary N) is 1. The lowest BCUT2D eigenvalue weighted by atomic mass is 10.1. The van der Waals surface area contributed by atoms with E-state index < -0.39 is 0 Å². The molecule has 0 aliphatic rings. The molecule has 0 heterocycles. The number of hydrogen-bond donors (Lipinski definition) is 1. The number of hydrogen-bond acceptors (Lipinski definition) is 2. The predicted molar refractivity (Wildman–Crippen MR) is 68.3 cm³/mol. The molecular weight excluding hydrogens is 196 g/mol. The zero-order chi connectivity index (χ0) is 11.8. The SMILES string of the molecule is C=CCCC(C)Nc1ccc(CC#N)cc1. The maximum atomic E-state index is 8.56. The summed E-state index contributed by atoms with van der Waals surface area (Å²) in [6, 6.07) is 10.6. The maximum absolute atomic E-state index is 8.56. The zero-order valence-electron chi connectivity index (χ0n) is 9.74. The highest BCUT2D eigenvalue weighted by Gasteiger charge is 2.00. The highest BCUT2D eigenvalue weighted by molar-refractivity contribution is 5.45. The Bertz CT molecular complexity index is 359. The van der Waals surface area contributed by atoms with E-state index in [4.69, 9.17) is 5.26 Å². The smallest absolute Gasteiger partial charge is 0.0669 e. The maximum Gasteiger partial charge on any atom is 0.0669 e. The van der Waals surface area contributed by atoms with Gasteiger partial charge in [0.05, 0.1) is 12.5 Å². The fraction of sp³-hybridized carbons (Fsp3) is 0.357. The average Bonchev–Trinajstić information content (AvgIpc) is 2.29. The molecule has 1 N–H and O–H groups in total. The van der Waals surface area contributed by atoms with Gasteiger partial charge in [-0.25, -0.2) is 0 Å². The van der Waals surface area contributed by atoms with Gasteiger partial charge < -0.3 is 5.32 Å². The first-order valence-electron chi connectivity index (χ1n) is 5.59. The second kappa shape index (κ2) is 6.68. The summed E-state index contributed by atoms with van der Waals surface area (Å²) >= 11 is 0. The van der Waals surface area contributed by atoms with Gasteiger partial charge in [-0.3, -0.25) is 0 Å². The normalized spacial score (nSPS) is 11.5. The molecule has 1 aromatic rings. The van der Waals surface area contributed by atoms with Crippen molar-refractivity contribution in [3.8, 4) is 6.07 Å². The van der Waals surface area contributed by atoms with E-state index in [-0.39, 0.29) is 0 Å². The Labute approximate surface area is 97.6 Å². The van der Waals surface area contributed by atoms with E-state index in [2.05, 4.69) is 24.9 Å². The molecule has 0 fully saturated rings. The van der Waals surface area contributed by atoms with Crippen molar-refractivity contribution in [3.05, 3.63) is 42.5 Å². The van der Waals surface area contributed by atoms with E-state index in [0.717, 1.165) is 24.1 Å². The summed E-state index contributed by atoms with van der Waals surface area (Å²) in [7, 11) is 0. The van der Waals surface area contributed by atoms with Gasteiger partial charge in [-0.15, -0.1) is 6.58 Å². The van der Waals surface area contributed by atoms with Crippen LogP contribution in [0.4, 0.5) is 5.69 Å². The number of nitriles is 1. The molecule has 0 amide bonds. The van der Waals surface area contributed by atoms with Crippen LogP contribution in [0.25, 0.3) is 0 Å². The Morgan fingerprint density at radius 2 is 2.12 bits per heavy atom. The van der Waals surface area contributed by atoms with Crippen molar-refractivity contribution in [2.24, 2.45) is 0 Å². The van der Waals surface area contributed by atoms with Gasteiger partial charge in [0.2, 0.25) is 0 Å². The summed E-state index contributed by atoms with van der Waals surface area (Å²) in [6.45, 7) is 5.87. The lowest BCUT2D eigenvalue weighted by Gasteiger charge is -2.14. The number of anilines is 1. The first kappa shape index (κ1) is 12.3. The number of nitrogens with zero attached hydrogens (tertiary/aromatic N) is 1. The first-order chi connectivity index (χ1) is 7.76. The van der Waals surface area contributed by atoms with E-state index >= 15 is 0 Å². The fourth-order valence-corrected chi connectivity index (χ4v) is 1.53. The summed E-state index contributed by atoms with van der Waals surface area (Å²) in [5, 5.41) is 12.0. The van der Waals surface area contributed by atoms with Crippen molar-refractivity contribution < 1.29 is 0 Å². The van der Waals surface area contributed by atoms with Crippen molar-refractivity contribution in [3.63, 3.8) is 0 Å². The van der Waals surface area contributed by atoms with Crippen LogP contribution in [-0.2, 0) is 6.42 Å². The lowest BCUT2D eigenvalue weighted by Crippen LogP contribution is -2.14. The summed E-state index contributed by atoms with van der Waals surface area (Å²) in [4.78, 5) is 0. The summed E-state index contributed by atoms with van der Waals surface area (Å²) in [5.74, 6) is 0. The Kier molecular flexibility index (Phi) is 5.15. The van der Waals surface area contributed by atoms with E-state index in [0.29, 0.717) is 12.5 Å². The molecule has 0 bridgehead atoms. The summed E-state index contributed by atoms with van der Waals surface area (Å²) in [5.41, 5.74) is 2.17. The minimum atomic E-state index is 0.444. The van der Waals surface area contributed by atoms with E-state index in [1.54, 1.807) is 0 Å². The van der Waals surface area contributed by atoms with E-state index in [9.17, 15) is 0 Å². The lowest BCUT2D eigenvalue weighted by molar-refractivity contribution is 0.719. The van der Waals surface area contributed by atoms with Gasteiger partial charge in [0.25, 0.3) is 0 Å². The summed E-state index contributed by atoms with van der Waals surface area (Å²) < 4.78 is 0. The standard InChI is InChI=1S/C14H18N2/c1-3-4-5-12(2)16-14-8-6-13(7-9-14)10-11-15/h3,6-9,12,16H,1,4-5,10H2,2H3. The van der Waals surface area contributed by atoms with Gasteiger partial charge in [-0.2, -0.15) is 5.26 Å². The Hall–Kier alpha value is -1.75. The first-order valence-corrected chi connectivity index (χ1v) is 5.59. The van der Waals surface area contributed by atoms with Crippen LogP contribution in [0, 0.1) is 11.3 Å². The molecule has 2 heteroatoms. The van der Waals surface area contributed by atoms with Crippen LogP contribution in [0.2, 0.25) is 0 Å². The van der Waals surface area contributed by atoms with Crippen LogP contribution in [0.5, 0.6) is 0 Å². The molecule has 84 valence electrons. The largest absolute Gasteiger partial charge is 0.383 e. The quantitative estimate of drug-likeness (QED) is 0.735. The van der Waals surface area contributed by atoms with Gasteiger partial charge in [0.1, 0.15) is 0 Å². The van der Waals surface area contributed by atoms with Gasteiger partial charge in [0, 0.05) is 11.7 Å². The Balaban J connectivity index is 2.48. The Morgan fingerprint density at radius 1 is 1.44 bits per heavy atom. The number of rotatable bonds is 6. The van der Waals surface area contributed by atoms with Crippen molar-refractivity contribution in [1.82, 2.24) is 0 Å². The third-order valence-corrected chi connectivity index (χ3v) is 2.45. The third-order valence-electron chi connectivity index (χ3n) is 2.45. The zero-order valence-corrected chi connectivity index (χ0v) is 9.74. The van der Waals surface area contributed by atoms with E-state index in [1.165, 1.54) is 0 Å². The molecule has 1 rings (SSSR count). The van der Waals surface area contributed by atoms with Crippen LogP contribution < -0.4 is 5.32 Å². The molecule has 0 saturated carbocycles. The molecule has 1 atom stereocenters. The molecule has 16 heavy (non-hydrogen) atoms. The minimum Gasteiger partial charge on any atom is -0.383 e. The van der Waals surface area contributed by atoms with Crippen molar-refractivity contribution in [2.75, 3.05) is 5.32 Å². The molecule has 0 aromatic heterocycles. The number of allylic oxidation sites excluding steroid dienone is 1. The molecule has 0 aliphatic heterocycles. The molecule has 1 unspecified atom stereocenters. The molecule has 2 nitrogen and oxygen atoms in total. The topological polar surface area (TPSA) is 35.8 Å². The van der Waals surface area contributed by atoms with Crippen LogP contribution in [0.3, 0.4) is 0 Å². The minimum absolute atomic E-state index is 0.444. The van der Waals surface area contributed by atoms with Crippen molar-refractivity contribution in [2.45, 2.75) is 32.2 Å². The highest BCUT2D eigenvalue weighted by atomic mass is 14.9. The molecule has 1 aromatic carbocycles. The van der Waals surface area contributed by atoms with Crippen LogP contribution in [0.1, 0.15) is 25.3 Å². The van der Waals surface area contributed by atoms with Crippen molar-refractivity contribution >= 4 is 5.69 Å². The van der Waals surface area contributed by atoms with Crippen LogP contribution >= 0.6 is 0 Å². The monoisotopic (exact) mass is 214 g/mol. The molecular formula is C14H18N2. The van der Waals surface area contributed by atoms with Gasteiger partial charge in [-0.05, 0) is 37.5 Å². The van der Waals surface area contributed by atoms with Gasteiger partial charge in [-0.1, -0.05) is 18.2 Å². The van der Waals surface area contributed by atoms with Gasteiger partial charge >= 0.3 is 0 Å².